The highest BCUT2D eigenvalue weighted by molar-refractivity contribution is 7.90. The third kappa shape index (κ3) is 6.59. The molecular weight excluding hydrogens is 321 g/mol. The lowest BCUT2D eigenvalue weighted by atomic mass is 9.75. The minimum Gasteiger partial charge on any atom is -0.469 e. The predicted octanol–water partition coefficient (Wildman–Crippen LogP) is 0.0951. The van der Waals surface area contributed by atoms with Gasteiger partial charge in [0.1, 0.15) is 15.6 Å². The van der Waals surface area contributed by atoms with Gasteiger partial charge in [-0.3, -0.25) is 4.79 Å². The van der Waals surface area contributed by atoms with Gasteiger partial charge in [-0.25, -0.2) is 8.42 Å². The van der Waals surface area contributed by atoms with Gasteiger partial charge in [0.25, 0.3) is 0 Å². The zero-order chi connectivity index (χ0) is 17.6. The Bertz CT molecular complexity index is 665. The van der Waals surface area contributed by atoms with Crippen molar-refractivity contribution in [3.8, 4) is 0 Å². The molecule has 3 N–H and O–H groups in total. The molecule has 0 spiro atoms. The molecule has 0 fully saturated rings. The molecule has 1 aromatic rings. The van der Waals surface area contributed by atoms with Crippen LogP contribution >= 0.6 is 0 Å². The number of nitrogens with one attached hydrogen (secondary N) is 1. The van der Waals surface area contributed by atoms with E-state index in [-0.39, 0.29) is 18.6 Å². The summed E-state index contributed by atoms with van der Waals surface area (Å²) in [5.74, 6) is -1.11. The molecular formula is C14H22BNO6S. The van der Waals surface area contributed by atoms with Gasteiger partial charge < -0.3 is 19.8 Å². The Labute approximate surface area is 136 Å². The number of carbonyl (C=O) groups is 1. The lowest BCUT2D eigenvalue weighted by molar-refractivity contribution is -0.121. The molecule has 128 valence electrons. The molecule has 0 radical (unpaired) electrons. The molecule has 0 aromatic carbocycles. The number of sulfone groups is 1. The van der Waals surface area contributed by atoms with Crippen molar-refractivity contribution in [1.82, 2.24) is 5.32 Å². The molecule has 0 aliphatic heterocycles. The maximum atomic E-state index is 11.8. The van der Waals surface area contributed by atoms with Gasteiger partial charge >= 0.3 is 7.12 Å². The van der Waals surface area contributed by atoms with Crippen molar-refractivity contribution < 1.29 is 27.7 Å². The average Bonchev–Trinajstić information content (AvgIpc) is 2.77. The number of rotatable bonds is 8. The molecule has 0 aliphatic carbocycles. The van der Waals surface area contributed by atoms with Crippen LogP contribution in [0.4, 0.5) is 0 Å². The van der Waals surface area contributed by atoms with Crippen LogP contribution in [0.15, 0.2) is 16.8 Å². The summed E-state index contributed by atoms with van der Waals surface area (Å²) in [6, 6.07) is 0. The Morgan fingerprint density at radius 3 is 2.65 bits per heavy atom. The topological polar surface area (TPSA) is 117 Å². The summed E-state index contributed by atoms with van der Waals surface area (Å²) < 4.78 is 27.5. The number of furan rings is 1. The lowest BCUT2D eigenvalue weighted by Gasteiger charge is -2.17. The van der Waals surface area contributed by atoms with Crippen molar-refractivity contribution >= 4 is 28.9 Å². The van der Waals surface area contributed by atoms with Crippen molar-refractivity contribution in [2.75, 3.05) is 12.0 Å². The monoisotopic (exact) mass is 343 g/mol. The molecule has 1 heterocycles. The molecule has 1 unspecified atom stereocenters. The van der Waals surface area contributed by atoms with E-state index in [0.717, 1.165) is 17.4 Å². The van der Waals surface area contributed by atoms with E-state index in [4.69, 9.17) is 4.42 Å². The quantitative estimate of drug-likeness (QED) is 0.576. The van der Waals surface area contributed by atoms with E-state index in [1.54, 1.807) is 6.92 Å². The van der Waals surface area contributed by atoms with E-state index >= 15 is 0 Å². The van der Waals surface area contributed by atoms with E-state index < -0.39 is 28.8 Å². The fourth-order valence-corrected chi connectivity index (χ4v) is 2.64. The van der Waals surface area contributed by atoms with Crippen LogP contribution in [-0.2, 0) is 21.1 Å². The van der Waals surface area contributed by atoms with Crippen LogP contribution in [0.3, 0.4) is 0 Å². The second-order valence-corrected chi connectivity index (χ2v) is 7.66. The first-order valence-corrected chi connectivity index (χ1v) is 9.23. The first-order chi connectivity index (χ1) is 10.6. The normalized spacial score (nSPS) is 13.3. The lowest BCUT2D eigenvalue weighted by Crippen LogP contribution is -2.48. The Morgan fingerprint density at radius 1 is 1.48 bits per heavy atom. The summed E-state index contributed by atoms with van der Waals surface area (Å²) in [5, 5.41) is 21.4. The zero-order valence-electron chi connectivity index (χ0n) is 13.4. The van der Waals surface area contributed by atoms with Gasteiger partial charge in [-0.2, -0.15) is 0 Å². The summed E-state index contributed by atoms with van der Waals surface area (Å²) in [6.45, 7) is 3.63. The van der Waals surface area contributed by atoms with Crippen LogP contribution < -0.4 is 5.32 Å². The van der Waals surface area contributed by atoms with Crippen molar-refractivity contribution in [3.05, 3.63) is 29.2 Å². The van der Waals surface area contributed by atoms with Crippen LogP contribution in [-0.4, -0.2) is 49.4 Å². The number of amides is 1. The molecule has 0 saturated carbocycles. The Balaban J connectivity index is 2.78. The van der Waals surface area contributed by atoms with E-state index in [0.29, 0.717) is 5.76 Å². The highest BCUT2D eigenvalue weighted by Gasteiger charge is 2.27. The average molecular weight is 343 g/mol. The first-order valence-electron chi connectivity index (χ1n) is 7.17. The van der Waals surface area contributed by atoms with E-state index in [9.17, 15) is 23.3 Å². The molecule has 0 bridgehead atoms. The van der Waals surface area contributed by atoms with Crippen molar-refractivity contribution in [2.24, 2.45) is 0 Å². The number of allylic oxidation sites excluding steroid dienone is 1. The zero-order valence-corrected chi connectivity index (χ0v) is 14.3. The summed E-state index contributed by atoms with van der Waals surface area (Å²) in [6.07, 6.45) is 6.13. The molecule has 1 aromatic heterocycles. The summed E-state index contributed by atoms with van der Waals surface area (Å²) >= 11 is 0. The largest absolute Gasteiger partial charge is 0.475 e. The molecule has 7 nitrogen and oxygen atoms in total. The van der Waals surface area contributed by atoms with E-state index in [1.807, 2.05) is 19.1 Å². The van der Waals surface area contributed by atoms with E-state index in [2.05, 4.69) is 5.32 Å². The highest BCUT2D eigenvalue weighted by atomic mass is 32.2. The van der Waals surface area contributed by atoms with Gasteiger partial charge in [-0.15, -0.1) is 0 Å². The van der Waals surface area contributed by atoms with Gasteiger partial charge in [0.2, 0.25) is 5.91 Å². The smallest absolute Gasteiger partial charge is 0.469 e. The molecule has 23 heavy (non-hydrogen) atoms. The van der Waals surface area contributed by atoms with Crippen LogP contribution in [0.25, 0.3) is 6.08 Å². The second-order valence-electron chi connectivity index (χ2n) is 5.40. The number of aryl methyl sites for hydroxylation is 1. The fraction of sp³-hybridized carbons (Fsp3) is 0.500. The van der Waals surface area contributed by atoms with Gasteiger partial charge in [-0.1, -0.05) is 12.2 Å². The fourth-order valence-electron chi connectivity index (χ4n) is 2.09. The van der Waals surface area contributed by atoms with Crippen LogP contribution in [0.2, 0.25) is 0 Å². The highest BCUT2D eigenvalue weighted by Crippen LogP contribution is 2.20. The molecule has 1 atom stereocenters. The summed E-state index contributed by atoms with van der Waals surface area (Å²) in [7, 11) is -5.03. The molecule has 0 aliphatic rings. The van der Waals surface area contributed by atoms with Crippen LogP contribution in [0, 0.1) is 6.92 Å². The van der Waals surface area contributed by atoms with Crippen molar-refractivity contribution in [3.63, 3.8) is 0 Å². The Hall–Kier alpha value is -1.58. The summed E-state index contributed by atoms with van der Waals surface area (Å²) in [4.78, 5) is 11.8. The molecule has 1 rings (SSSR count). The molecule has 9 heteroatoms. The molecule has 0 saturated heterocycles. The number of carbonyl (C=O) groups excluding carboxylic acids is 1. The summed E-state index contributed by atoms with van der Waals surface area (Å²) in [5.41, 5.74) is 1.55. The Kier molecular flexibility index (Phi) is 7.05. The maximum Gasteiger partial charge on any atom is 0.475 e. The third-order valence-corrected chi connectivity index (χ3v) is 4.23. The number of hydrogen-bond acceptors (Lipinski definition) is 6. The standard InChI is InChI=1S/C14H22BNO6S/c1-4-5-12-10(2)22-9-11(12)8-13(15(18)19)16-14(17)6-7-23(3,20)21/h4-5,9,13,18-19H,6-8H2,1-3H3,(H,16,17)/b5-4-. The van der Waals surface area contributed by atoms with Crippen molar-refractivity contribution in [2.45, 2.75) is 32.6 Å². The van der Waals surface area contributed by atoms with Crippen molar-refractivity contribution in [1.29, 1.82) is 0 Å². The minimum absolute atomic E-state index is 0.152. The second kappa shape index (κ2) is 8.33. The van der Waals surface area contributed by atoms with Gasteiger partial charge in [0.05, 0.1) is 18.0 Å². The minimum atomic E-state index is -3.25. The predicted molar refractivity (Wildman–Crippen MR) is 88.3 cm³/mol. The van der Waals surface area contributed by atoms with Gasteiger partial charge in [0.15, 0.2) is 0 Å². The number of hydrogen-bond donors (Lipinski definition) is 3. The SMILES string of the molecule is C/C=C\c1c(CC(NC(=O)CCS(C)(=O)=O)B(O)O)coc1C. The van der Waals surface area contributed by atoms with Gasteiger partial charge in [0, 0.05) is 18.2 Å². The Morgan fingerprint density at radius 2 is 2.13 bits per heavy atom. The third-order valence-electron chi connectivity index (χ3n) is 3.28. The van der Waals surface area contributed by atoms with Crippen LogP contribution in [0.1, 0.15) is 30.2 Å². The first kappa shape index (κ1) is 19.5. The van der Waals surface area contributed by atoms with Gasteiger partial charge in [-0.05, 0) is 25.8 Å². The van der Waals surface area contributed by atoms with Crippen LogP contribution in [0.5, 0.6) is 0 Å². The van der Waals surface area contributed by atoms with E-state index in [1.165, 1.54) is 6.26 Å². The maximum absolute atomic E-state index is 11.8. The molecule has 1 amide bonds.